The van der Waals surface area contributed by atoms with Gasteiger partial charge >= 0.3 is 5.69 Å². The summed E-state index contributed by atoms with van der Waals surface area (Å²) in [6.07, 6.45) is 3.88. The minimum absolute atomic E-state index is 0.00564. The first kappa shape index (κ1) is 21.4. The Morgan fingerprint density at radius 2 is 2.07 bits per heavy atom. The molecule has 0 aliphatic rings. The van der Waals surface area contributed by atoms with E-state index in [9.17, 15) is 14.4 Å². The molecule has 0 atom stereocenters. The van der Waals surface area contributed by atoms with Crippen molar-refractivity contribution in [1.82, 2.24) is 19.7 Å². The van der Waals surface area contributed by atoms with Gasteiger partial charge in [0.05, 0.1) is 17.3 Å². The number of nitrogen functional groups attached to an aromatic ring is 1. The number of nitrogens with zero attached hydrogens (tertiary/aromatic N) is 3. The predicted octanol–water partition coefficient (Wildman–Crippen LogP) is 2.49. The van der Waals surface area contributed by atoms with Crippen molar-refractivity contribution >= 4 is 28.3 Å². The second kappa shape index (κ2) is 8.98. The summed E-state index contributed by atoms with van der Waals surface area (Å²) in [6.45, 7) is 6.73. The number of aromatic amines is 2. The largest absolute Gasteiger partial charge is 0.383 e. The summed E-state index contributed by atoms with van der Waals surface area (Å²) in [6, 6.07) is 5.30. The molecule has 0 fully saturated rings. The van der Waals surface area contributed by atoms with E-state index in [0.29, 0.717) is 36.5 Å². The van der Waals surface area contributed by atoms with Gasteiger partial charge in [-0.1, -0.05) is 39.3 Å². The second-order valence-electron chi connectivity index (χ2n) is 7.78. The fraction of sp³-hybridized carbons (Fsp3) is 0.429. The van der Waals surface area contributed by atoms with Crippen LogP contribution in [-0.4, -0.2) is 32.2 Å². The first-order valence-electron chi connectivity index (χ1n) is 10.2. The summed E-state index contributed by atoms with van der Waals surface area (Å²) in [5, 5.41) is 7.65. The molecule has 0 bridgehead atoms. The summed E-state index contributed by atoms with van der Waals surface area (Å²) < 4.78 is 1.33. The van der Waals surface area contributed by atoms with Crippen molar-refractivity contribution in [1.29, 1.82) is 0 Å². The van der Waals surface area contributed by atoms with E-state index in [4.69, 9.17) is 5.73 Å². The fourth-order valence-electron chi connectivity index (χ4n) is 3.37. The molecule has 0 spiro atoms. The molecule has 0 aliphatic carbocycles. The number of nitrogens with two attached hydrogens (primary N) is 1. The zero-order valence-electron chi connectivity index (χ0n) is 17.6. The minimum Gasteiger partial charge on any atom is -0.383 e. The highest BCUT2D eigenvalue weighted by Gasteiger charge is 2.26. The number of unbranched alkanes of at least 4 members (excludes halogenated alkanes) is 1. The lowest BCUT2D eigenvalue weighted by Crippen LogP contribution is -2.42. The number of amides is 1. The highest BCUT2D eigenvalue weighted by molar-refractivity contribution is 6.13. The molecular formula is C21H28N6O3. The van der Waals surface area contributed by atoms with Crippen molar-refractivity contribution < 1.29 is 4.79 Å². The zero-order chi connectivity index (χ0) is 21.8. The first-order chi connectivity index (χ1) is 14.3. The van der Waals surface area contributed by atoms with Crippen molar-refractivity contribution in [2.45, 2.75) is 46.6 Å². The Morgan fingerprint density at radius 1 is 1.30 bits per heavy atom. The lowest BCUT2D eigenvalue weighted by molar-refractivity contribution is 0.0987. The van der Waals surface area contributed by atoms with Crippen LogP contribution in [0.4, 0.5) is 11.5 Å². The topological polar surface area (TPSA) is 130 Å². The molecule has 9 nitrogen and oxygen atoms in total. The summed E-state index contributed by atoms with van der Waals surface area (Å²) >= 11 is 0. The Balaban J connectivity index is 2.15. The Kier molecular flexibility index (Phi) is 6.39. The monoisotopic (exact) mass is 412 g/mol. The van der Waals surface area contributed by atoms with Gasteiger partial charge in [-0.25, -0.2) is 4.79 Å². The molecule has 1 amide bonds. The van der Waals surface area contributed by atoms with Crippen LogP contribution in [0.5, 0.6) is 0 Å². The summed E-state index contributed by atoms with van der Waals surface area (Å²) in [5.41, 5.74) is 6.02. The van der Waals surface area contributed by atoms with Crippen LogP contribution in [0, 0.1) is 5.92 Å². The van der Waals surface area contributed by atoms with Crippen LogP contribution in [0.15, 0.2) is 34.0 Å². The molecule has 0 saturated heterocycles. The zero-order valence-corrected chi connectivity index (χ0v) is 17.6. The van der Waals surface area contributed by atoms with Gasteiger partial charge in [-0.15, -0.1) is 0 Å². The second-order valence-corrected chi connectivity index (χ2v) is 7.78. The van der Waals surface area contributed by atoms with Gasteiger partial charge in [-0.2, -0.15) is 5.10 Å². The van der Waals surface area contributed by atoms with Gasteiger partial charge in [0.15, 0.2) is 5.69 Å². The molecule has 0 unspecified atom stereocenters. The summed E-state index contributed by atoms with van der Waals surface area (Å²) in [4.78, 5) is 42.3. The molecule has 30 heavy (non-hydrogen) atoms. The molecule has 3 aromatic rings. The van der Waals surface area contributed by atoms with Gasteiger partial charge in [0.25, 0.3) is 11.5 Å². The lowest BCUT2D eigenvalue weighted by Gasteiger charge is -2.25. The third-order valence-corrected chi connectivity index (χ3v) is 5.10. The van der Waals surface area contributed by atoms with Crippen LogP contribution in [-0.2, 0) is 6.54 Å². The van der Waals surface area contributed by atoms with E-state index in [1.807, 2.05) is 26.8 Å². The smallest absolute Gasteiger partial charge is 0.330 e. The Bertz CT molecular complexity index is 1160. The maximum Gasteiger partial charge on any atom is 0.330 e. The Labute approximate surface area is 173 Å². The normalized spacial score (nSPS) is 11.3. The number of nitrogens with one attached hydrogen (secondary N) is 2. The van der Waals surface area contributed by atoms with Crippen molar-refractivity contribution in [2.75, 3.05) is 17.2 Å². The molecular weight excluding hydrogens is 384 g/mol. The number of fused-ring (bicyclic) bond motifs is 1. The number of carbonyl (C=O) groups excluding carboxylic acids is 1. The molecule has 160 valence electrons. The van der Waals surface area contributed by atoms with E-state index in [1.54, 1.807) is 18.3 Å². The lowest BCUT2D eigenvalue weighted by atomic mass is 10.1. The third-order valence-electron chi connectivity index (χ3n) is 5.10. The molecule has 3 rings (SSSR count). The van der Waals surface area contributed by atoms with E-state index >= 15 is 0 Å². The summed E-state index contributed by atoms with van der Waals surface area (Å²) in [5.74, 6) is -0.0657. The Morgan fingerprint density at radius 3 is 2.77 bits per heavy atom. The Hall–Kier alpha value is -3.36. The number of anilines is 2. The SMILES string of the molecule is CCCCn1c(N)c(N(CCC(C)C)C(=O)c2cccc3cn[nH]c23)c(=O)[nH]c1=O. The van der Waals surface area contributed by atoms with E-state index in [-0.39, 0.29) is 17.4 Å². The van der Waals surface area contributed by atoms with Crippen LogP contribution in [0.1, 0.15) is 50.4 Å². The van der Waals surface area contributed by atoms with E-state index in [2.05, 4.69) is 15.2 Å². The molecule has 2 aromatic heterocycles. The average Bonchev–Trinajstić information content (AvgIpc) is 3.18. The number of aromatic nitrogens is 4. The van der Waals surface area contributed by atoms with Crippen molar-refractivity contribution in [3.8, 4) is 0 Å². The van der Waals surface area contributed by atoms with Gasteiger partial charge in [0.2, 0.25) is 0 Å². The standard InChI is InChI=1S/C21H28N6O3/c1-4-5-10-27-18(22)17(19(28)24-21(27)30)26(11-9-13(2)3)20(29)15-8-6-7-14-12-23-25-16(14)15/h6-8,12-13H,4-5,9-11,22H2,1-3H3,(H,23,25)(H,24,28,30). The van der Waals surface area contributed by atoms with Crippen LogP contribution >= 0.6 is 0 Å². The van der Waals surface area contributed by atoms with Crippen molar-refractivity contribution in [3.05, 3.63) is 50.8 Å². The number of rotatable bonds is 8. The number of hydrogen-bond donors (Lipinski definition) is 3. The summed E-state index contributed by atoms with van der Waals surface area (Å²) in [7, 11) is 0. The number of para-hydroxylation sites is 1. The number of hydrogen-bond acceptors (Lipinski definition) is 5. The predicted molar refractivity (Wildman–Crippen MR) is 118 cm³/mol. The molecule has 2 heterocycles. The van der Waals surface area contributed by atoms with Crippen LogP contribution in [0.2, 0.25) is 0 Å². The highest BCUT2D eigenvalue weighted by atomic mass is 16.2. The number of benzene rings is 1. The maximum atomic E-state index is 13.6. The molecule has 0 radical (unpaired) electrons. The highest BCUT2D eigenvalue weighted by Crippen LogP contribution is 2.24. The van der Waals surface area contributed by atoms with Gasteiger partial charge in [-0.3, -0.25) is 24.2 Å². The van der Waals surface area contributed by atoms with Crippen LogP contribution < -0.4 is 21.9 Å². The first-order valence-corrected chi connectivity index (χ1v) is 10.2. The molecule has 0 aliphatic heterocycles. The molecule has 1 aromatic carbocycles. The van der Waals surface area contributed by atoms with Gasteiger partial charge in [0.1, 0.15) is 5.82 Å². The number of H-pyrrole nitrogens is 2. The quantitative estimate of drug-likeness (QED) is 0.523. The van der Waals surface area contributed by atoms with Gasteiger partial charge < -0.3 is 10.6 Å². The van der Waals surface area contributed by atoms with Crippen molar-refractivity contribution in [2.24, 2.45) is 5.92 Å². The molecule has 4 N–H and O–H groups in total. The van der Waals surface area contributed by atoms with Gasteiger partial charge in [-0.05, 0) is 24.8 Å². The van der Waals surface area contributed by atoms with E-state index in [0.717, 1.165) is 18.2 Å². The van der Waals surface area contributed by atoms with Crippen LogP contribution in [0.25, 0.3) is 10.9 Å². The third kappa shape index (κ3) is 4.14. The fourth-order valence-corrected chi connectivity index (χ4v) is 3.37. The van der Waals surface area contributed by atoms with E-state index < -0.39 is 11.2 Å². The maximum absolute atomic E-state index is 13.6. The number of carbonyl (C=O) groups is 1. The van der Waals surface area contributed by atoms with E-state index in [1.165, 1.54) is 9.47 Å². The molecule has 0 saturated carbocycles. The van der Waals surface area contributed by atoms with Gasteiger partial charge in [0, 0.05) is 18.5 Å². The average molecular weight is 412 g/mol. The molecule has 9 heteroatoms. The minimum atomic E-state index is -0.667. The van der Waals surface area contributed by atoms with Crippen LogP contribution in [0.3, 0.4) is 0 Å². The van der Waals surface area contributed by atoms with Crippen molar-refractivity contribution in [3.63, 3.8) is 0 Å².